The van der Waals surface area contributed by atoms with Crippen molar-refractivity contribution in [2.75, 3.05) is 0 Å². The summed E-state index contributed by atoms with van der Waals surface area (Å²) in [6.07, 6.45) is -0.603. The van der Waals surface area contributed by atoms with Gasteiger partial charge in [-0.1, -0.05) is 50.6 Å². The van der Waals surface area contributed by atoms with E-state index in [9.17, 15) is 19.2 Å². The van der Waals surface area contributed by atoms with Gasteiger partial charge in [0.1, 0.15) is 18.1 Å². The highest BCUT2D eigenvalue weighted by atomic mass is 16.4. The van der Waals surface area contributed by atoms with Gasteiger partial charge in [0.2, 0.25) is 11.8 Å². The third-order valence-electron chi connectivity index (χ3n) is 4.58. The van der Waals surface area contributed by atoms with Crippen LogP contribution in [0.4, 0.5) is 4.79 Å². The van der Waals surface area contributed by atoms with Crippen molar-refractivity contribution in [2.45, 2.75) is 51.7 Å². The summed E-state index contributed by atoms with van der Waals surface area (Å²) in [6, 6.07) is 5.97. The van der Waals surface area contributed by atoms with E-state index < -0.39 is 41.9 Å². The van der Waals surface area contributed by atoms with Gasteiger partial charge in [-0.05, 0) is 18.4 Å². The molecular weight excluding hydrogens is 378 g/mol. The lowest BCUT2D eigenvalue weighted by molar-refractivity contribution is -0.133. The molecule has 0 saturated heterocycles. The molecule has 4 amide bonds. The SMILES string of the molecule is CC[C@H](C)[C@H](NC(=O)C(C)NC(=O)C(Cc1ccccc1)NC(=O)O)C(=O)NN. The van der Waals surface area contributed by atoms with E-state index in [0.717, 1.165) is 5.56 Å². The van der Waals surface area contributed by atoms with Crippen molar-refractivity contribution >= 4 is 23.8 Å². The highest BCUT2D eigenvalue weighted by Gasteiger charge is 2.29. The molecule has 0 bridgehead atoms. The zero-order valence-corrected chi connectivity index (χ0v) is 16.8. The smallest absolute Gasteiger partial charge is 0.405 e. The molecule has 0 aliphatic heterocycles. The van der Waals surface area contributed by atoms with Crippen molar-refractivity contribution < 1.29 is 24.3 Å². The fourth-order valence-corrected chi connectivity index (χ4v) is 2.66. The predicted octanol–water partition coefficient (Wildman–Crippen LogP) is -0.109. The summed E-state index contributed by atoms with van der Waals surface area (Å²) in [6.45, 7) is 5.10. The molecule has 1 aromatic carbocycles. The molecule has 2 unspecified atom stereocenters. The molecule has 10 heteroatoms. The first-order chi connectivity index (χ1) is 13.7. The van der Waals surface area contributed by atoms with Crippen LogP contribution in [0, 0.1) is 5.92 Å². The summed E-state index contributed by atoms with van der Waals surface area (Å²) in [5.74, 6) is 3.22. The molecule has 0 spiro atoms. The number of carbonyl (C=O) groups is 4. The molecule has 1 aromatic rings. The third kappa shape index (κ3) is 7.78. The Morgan fingerprint density at radius 3 is 2.10 bits per heavy atom. The van der Waals surface area contributed by atoms with Crippen LogP contribution in [0.5, 0.6) is 0 Å². The molecule has 4 atom stereocenters. The van der Waals surface area contributed by atoms with E-state index in [2.05, 4.69) is 16.0 Å². The monoisotopic (exact) mass is 407 g/mol. The lowest BCUT2D eigenvalue weighted by Crippen LogP contribution is -2.58. The second kappa shape index (κ2) is 11.6. The molecule has 0 saturated carbocycles. The van der Waals surface area contributed by atoms with Gasteiger partial charge in [0.05, 0.1) is 0 Å². The van der Waals surface area contributed by atoms with Gasteiger partial charge in [-0.25, -0.2) is 10.6 Å². The van der Waals surface area contributed by atoms with Crippen LogP contribution < -0.4 is 27.2 Å². The molecule has 0 aliphatic rings. The van der Waals surface area contributed by atoms with Crippen molar-refractivity contribution in [1.82, 2.24) is 21.4 Å². The van der Waals surface area contributed by atoms with Gasteiger partial charge in [-0.15, -0.1) is 0 Å². The number of nitrogens with one attached hydrogen (secondary N) is 4. The Labute approximate surface area is 169 Å². The highest BCUT2D eigenvalue weighted by molar-refractivity contribution is 5.93. The Bertz CT molecular complexity index is 712. The van der Waals surface area contributed by atoms with E-state index in [0.29, 0.717) is 6.42 Å². The Kier molecular flexibility index (Phi) is 9.60. The molecule has 0 heterocycles. The summed E-state index contributed by atoms with van der Waals surface area (Å²) >= 11 is 0. The van der Waals surface area contributed by atoms with Crippen LogP contribution in [0.1, 0.15) is 32.8 Å². The molecule has 0 fully saturated rings. The first kappa shape index (κ1) is 23.9. The predicted molar refractivity (Wildman–Crippen MR) is 106 cm³/mol. The molecule has 1 rings (SSSR count). The number of nitrogens with two attached hydrogens (primary N) is 1. The van der Waals surface area contributed by atoms with Gasteiger partial charge < -0.3 is 21.1 Å². The van der Waals surface area contributed by atoms with E-state index in [1.165, 1.54) is 6.92 Å². The van der Waals surface area contributed by atoms with Gasteiger partial charge in [0.15, 0.2) is 0 Å². The number of benzene rings is 1. The zero-order valence-electron chi connectivity index (χ0n) is 16.8. The standard InChI is InChI=1S/C19H29N5O5/c1-4-11(2)15(18(27)24-20)23-16(25)12(3)21-17(26)14(22-19(28)29)10-13-8-6-5-7-9-13/h5-9,11-12,14-15,22H,4,10,20H2,1-3H3,(H,21,26)(H,23,25)(H,24,27)(H,28,29)/t11-,12?,14?,15-/m0/s1. The molecule has 0 aliphatic carbocycles. The first-order valence-corrected chi connectivity index (χ1v) is 9.34. The molecule has 0 aromatic heterocycles. The van der Waals surface area contributed by atoms with Crippen LogP contribution in [-0.4, -0.2) is 47.0 Å². The fourth-order valence-electron chi connectivity index (χ4n) is 2.66. The van der Waals surface area contributed by atoms with Crippen molar-refractivity contribution in [1.29, 1.82) is 0 Å². The summed E-state index contributed by atoms with van der Waals surface area (Å²) in [7, 11) is 0. The van der Waals surface area contributed by atoms with E-state index in [1.54, 1.807) is 37.3 Å². The Morgan fingerprint density at radius 2 is 1.59 bits per heavy atom. The maximum atomic E-state index is 12.5. The van der Waals surface area contributed by atoms with Crippen molar-refractivity contribution in [3.8, 4) is 0 Å². The average molecular weight is 407 g/mol. The van der Waals surface area contributed by atoms with Gasteiger partial charge in [-0.3, -0.25) is 19.8 Å². The third-order valence-corrected chi connectivity index (χ3v) is 4.58. The number of hydrogen-bond acceptors (Lipinski definition) is 5. The zero-order chi connectivity index (χ0) is 22.0. The minimum atomic E-state index is -1.35. The molecule has 7 N–H and O–H groups in total. The molecule has 10 nitrogen and oxygen atoms in total. The summed E-state index contributed by atoms with van der Waals surface area (Å²) in [5, 5.41) is 16.2. The number of hydrogen-bond donors (Lipinski definition) is 6. The van der Waals surface area contributed by atoms with Gasteiger partial charge >= 0.3 is 6.09 Å². The quantitative estimate of drug-likeness (QED) is 0.180. The van der Waals surface area contributed by atoms with E-state index >= 15 is 0 Å². The minimum Gasteiger partial charge on any atom is -0.465 e. The van der Waals surface area contributed by atoms with Crippen molar-refractivity contribution in [2.24, 2.45) is 11.8 Å². The Balaban J connectivity index is 2.80. The normalized spacial score (nSPS) is 14.6. The van der Waals surface area contributed by atoms with E-state index in [4.69, 9.17) is 10.9 Å². The highest BCUT2D eigenvalue weighted by Crippen LogP contribution is 2.08. The van der Waals surface area contributed by atoms with Gasteiger partial charge in [0, 0.05) is 6.42 Å². The molecule has 160 valence electrons. The number of carboxylic acid groups (broad SMARTS) is 1. The van der Waals surface area contributed by atoms with E-state index in [-0.39, 0.29) is 12.3 Å². The maximum Gasteiger partial charge on any atom is 0.405 e. The van der Waals surface area contributed by atoms with Crippen molar-refractivity contribution in [3.05, 3.63) is 35.9 Å². The largest absolute Gasteiger partial charge is 0.465 e. The average Bonchev–Trinajstić information content (AvgIpc) is 2.70. The number of rotatable bonds is 10. The topological polar surface area (TPSA) is 163 Å². The molecule has 0 radical (unpaired) electrons. The van der Waals surface area contributed by atoms with Crippen LogP contribution in [0.25, 0.3) is 0 Å². The van der Waals surface area contributed by atoms with E-state index in [1.807, 2.05) is 12.3 Å². The van der Waals surface area contributed by atoms with Crippen LogP contribution in [0.15, 0.2) is 30.3 Å². The first-order valence-electron chi connectivity index (χ1n) is 9.34. The van der Waals surface area contributed by atoms with Crippen LogP contribution in [-0.2, 0) is 20.8 Å². The minimum absolute atomic E-state index is 0.123. The van der Waals surface area contributed by atoms with Crippen LogP contribution in [0.2, 0.25) is 0 Å². The second-order valence-electron chi connectivity index (χ2n) is 6.80. The number of amides is 4. The summed E-state index contributed by atoms with van der Waals surface area (Å²) in [4.78, 5) is 48.0. The maximum absolute atomic E-state index is 12.5. The Morgan fingerprint density at radius 1 is 0.966 bits per heavy atom. The van der Waals surface area contributed by atoms with Gasteiger partial charge in [0.25, 0.3) is 5.91 Å². The fraction of sp³-hybridized carbons (Fsp3) is 0.474. The lowest BCUT2D eigenvalue weighted by atomic mass is 9.98. The number of hydrazine groups is 1. The van der Waals surface area contributed by atoms with Crippen LogP contribution >= 0.6 is 0 Å². The molecule has 29 heavy (non-hydrogen) atoms. The van der Waals surface area contributed by atoms with Crippen LogP contribution in [0.3, 0.4) is 0 Å². The number of carbonyl (C=O) groups excluding carboxylic acids is 3. The van der Waals surface area contributed by atoms with Gasteiger partial charge in [-0.2, -0.15) is 0 Å². The second-order valence-corrected chi connectivity index (χ2v) is 6.80. The lowest BCUT2D eigenvalue weighted by Gasteiger charge is -2.25. The summed E-state index contributed by atoms with van der Waals surface area (Å²) in [5.41, 5.74) is 2.78. The Hall–Kier alpha value is -3.14. The summed E-state index contributed by atoms with van der Waals surface area (Å²) < 4.78 is 0. The van der Waals surface area contributed by atoms with Crippen molar-refractivity contribution in [3.63, 3.8) is 0 Å². The molecular formula is C19H29N5O5.